The van der Waals surface area contributed by atoms with Crippen molar-refractivity contribution in [3.8, 4) is 0 Å². The van der Waals surface area contributed by atoms with Crippen molar-refractivity contribution in [2.45, 2.75) is 0 Å². The molecule has 0 spiro atoms. The average molecular weight is 229 g/mol. The van der Waals surface area contributed by atoms with Gasteiger partial charge in [-0.1, -0.05) is 0 Å². The van der Waals surface area contributed by atoms with Crippen LogP contribution in [0.15, 0.2) is 0 Å². The molecule has 0 amide bonds. The average Bonchev–Trinajstić information content (AvgIpc) is 0.918. The molecule has 0 aliphatic heterocycles. The largest absolute Gasteiger partial charge is 0 e. The van der Waals surface area contributed by atoms with E-state index in [2.05, 4.69) is 0 Å². The Morgan fingerprint density at radius 3 is 1.20 bits per heavy atom. The van der Waals surface area contributed by atoms with Gasteiger partial charge in [0, 0.05) is 17.1 Å². The molecule has 5 heavy (non-hydrogen) atoms. The molecule has 0 heterocycles. The van der Waals surface area contributed by atoms with Gasteiger partial charge in [-0.3, -0.25) is 0 Å². The molecule has 0 aromatic rings. The van der Waals surface area contributed by atoms with Crippen LogP contribution in [0.25, 0.3) is 0 Å². The smallest absolute Gasteiger partial charge is 0 e. The zero-order valence-electron chi connectivity index (χ0n) is 2.22. The van der Waals surface area contributed by atoms with Crippen molar-refractivity contribution in [2.75, 3.05) is 0 Å². The van der Waals surface area contributed by atoms with E-state index in [-0.39, 0.29) is 29.5 Å². The fourth-order valence-electron chi connectivity index (χ4n) is 0. The molecule has 0 N–H and O–H groups in total. The van der Waals surface area contributed by atoms with Crippen molar-refractivity contribution < 1.29 is 32.2 Å². The van der Waals surface area contributed by atoms with Gasteiger partial charge in [0.1, 0.15) is 0 Å². The van der Waals surface area contributed by atoms with Gasteiger partial charge in [0.05, 0.1) is 0 Å². The summed E-state index contributed by atoms with van der Waals surface area (Å²) in [5.41, 5.74) is 0. The topological polar surface area (TPSA) is 0 Å². The Labute approximate surface area is 63.5 Å². The van der Waals surface area contributed by atoms with Crippen LogP contribution >= 0.6 is 31.8 Å². The Balaban J connectivity index is -0.0000000200. The second-order valence-corrected chi connectivity index (χ2v) is 4.72. The third-order valence-electron chi connectivity index (χ3n) is 0. The fourth-order valence-corrected chi connectivity index (χ4v) is 0. The van der Waals surface area contributed by atoms with Crippen LogP contribution in [-0.4, -0.2) is 0 Å². The summed E-state index contributed by atoms with van der Waals surface area (Å²) >= 11 is -0.931. The molecule has 0 aromatic carbocycles. The molecule has 0 saturated carbocycles. The molecule has 0 aromatic heterocycles. The zero-order valence-corrected chi connectivity index (χ0v) is 8.62. The molecule has 0 unspecified atom stereocenters. The number of hydrogen-bond donors (Lipinski definition) is 0. The first kappa shape index (κ1) is 15.7. The maximum atomic E-state index is 4.95. The van der Waals surface area contributed by atoms with Crippen LogP contribution in [0.2, 0.25) is 0 Å². The van der Waals surface area contributed by atoms with Crippen LogP contribution in [0.3, 0.4) is 0 Å². The first-order chi connectivity index (χ1) is 1.41. The predicted octanol–water partition coefficient (Wildman–Crippen LogP) is 1.80. The molecule has 0 aliphatic carbocycles. The normalized spacial score (nSPS) is 2.00. The van der Waals surface area contributed by atoms with Crippen molar-refractivity contribution in [2.24, 2.45) is 0 Å². The second-order valence-electron chi connectivity index (χ2n) is 0.101. The van der Waals surface area contributed by atoms with Crippen LogP contribution in [-0.2, 0) is 32.2 Å². The molecular formula is HCl3FeZn. The molecule has 0 saturated heterocycles. The van der Waals surface area contributed by atoms with E-state index in [0.29, 0.717) is 0 Å². The molecular weight excluding hydrogens is 228 g/mol. The van der Waals surface area contributed by atoms with Crippen molar-refractivity contribution in [1.29, 1.82) is 0 Å². The van der Waals surface area contributed by atoms with E-state index >= 15 is 0 Å². The summed E-state index contributed by atoms with van der Waals surface area (Å²) in [6, 6.07) is 0. The van der Waals surface area contributed by atoms with E-state index in [4.69, 9.17) is 19.4 Å². The van der Waals surface area contributed by atoms with Gasteiger partial charge < -0.3 is 0 Å². The van der Waals surface area contributed by atoms with Crippen LogP contribution in [0.4, 0.5) is 0 Å². The maximum absolute atomic E-state index is 4.95. The van der Waals surface area contributed by atoms with Gasteiger partial charge in [-0.15, -0.1) is 12.4 Å². The third-order valence-corrected chi connectivity index (χ3v) is 0. The van der Waals surface area contributed by atoms with E-state index in [1.807, 2.05) is 0 Å². The van der Waals surface area contributed by atoms with Gasteiger partial charge in [0.15, 0.2) is 0 Å². The maximum Gasteiger partial charge on any atom is 0 e. The molecule has 0 fully saturated rings. The minimum absolute atomic E-state index is 0. The fraction of sp³-hybridized carbons (Fsp3) is 0. The van der Waals surface area contributed by atoms with Crippen molar-refractivity contribution in [3.63, 3.8) is 0 Å². The Hall–Kier alpha value is 2.01. The van der Waals surface area contributed by atoms with Crippen LogP contribution in [0, 0.1) is 0 Å². The van der Waals surface area contributed by atoms with Crippen LogP contribution in [0.5, 0.6) is 0 Å². The summed E-state index contributed by atoms with van der Waals surface area (Å²) in [6.07, 6.45) is 0. The van der Waals surface area contributed by atoms with Crippen molar-refractivity contribution >= 4 is 31.8 Å². The molecule has 0 rings (SSSR count). The van der Waals surface area contributed by atoms with Gasteiger partial charge in [0.25, 0.3) is 0 Å². The predicted molar refractivity (Wildman–Crippen MR) is 19.0 cm³/mol. The molecule has 0 nitrogen and oxygen atoms in total. The monoisotopic (exact) mass is 226 g/mol. The molecule has 0 radical (unpaired) electrons. The SMILES string of the molecule is Cl.[Cl][Zn][Cl].[Fe]. The Bertz CT molecular complexity index is 6.85. The van der Waals surface area contributed by atoms with Crippen molar-refractivity contribution in [1.82, 2.24) is 0 Å². The van der Waals surface area contributed by atoms with Gasteiger partial charge >= 0.3 is 34.5 Å². The molecule has 32 valence electrons. The number of rotatable bonds is 0. The molecule has 0 aliphatic rings. The summed E-state index contributed by atoms with van der Waals surface area (Å²) in [6.45, 7) is 0. The van der Waals surface area contributed by atoms with Gasteiger partial charge in [-0.2, -0.15) is 0 Å². The Morgan fingerprint density at radius 1 is 1.20 bits per heavy atom. The van der Waals surface area contributed by atoms with Crippen LogP contribution in [0.1, 0.15) is 0 Å². The number of halogens is 3. The summed E-state index contributed by atoms with van der Waals surface area (Å²) in [5, 5.41) is 0. The standard InChI is InChI=1S/3ClH.Fe.Zn/h3*1H;;/q;;;;+2/p-2. The van der Waals surface area contributed by atoms with E-state index in [1.165, 1.54) is 0 Å². The zero-order chi connectivity index (χ0) is 2.71. The van der Waals surface area contributed by atoms with Gasteiger partial charge in [0.2, 0.25) is 0 Å². The minimum Gasteiger partial charge on any atom is 0 e. The Kier molecular flexibility index (Phi) is 52.4. The first-order valence-corrected chi connectivity index (χ1v) is 8.33. The summed E-state index contributed by atoms with van der Waals surface area (Å²) in [5.74, 6) is 0. The minimum atomic E-state index is -0.931. The van der Waals surface area contributed by atoms with Crippen LogP contribution < -0.4 is 0 Å². The Morgan fingerprint density at radius 2 is 1.20 bits per heavy atom. The molecule has 5 heteroatoms. The van der Waals surface area contributed by atoms with E-state index in [0.717, 1.165) is 0 Å². The summed E-state index contributed by atoms with van der Waals surface area (Å²) in [4.78, 5) is 0. The second kappa shape index (κ2) is 16.6. The third kappa shape index (κ3) is 23.9. The van der Waals surface area contributed by atoms with E-state index < -0.39 is 15.1 Å². The number of hydrogen-bond acceptors (Lipinski definition) is 0. The molecule has 0 bridgehead atoms. The van der Waals surface area contributed by atoms with E-state index in [9.17, 15) is 0 Å². The summed E-state index contributed by atoms with van der Waals surface area (Å²) < 4.78 is 0. The first-order valence-electron chi connectivity index (χ1n) is 0.535. The molecule has 0 atom stereocenters. The van der Waals surface area contributed by atoms with Gasteiger partial charge in [-0.25, -0.2) is 0 Å². The quantitative estimate of drug-likeness (QED) is 0.555. The summed E-state index contributed by atoms with van der Waals surface area (Å²) in [7, 11) is 9.90. The van der Waals surface area contributed by atoms with Crippen molar-refractivity contribution in [3.05, 3.63) is 0 Å². The van der Waals surface area contributed by atoms with Gasteiger partial charge in [-0.05, 0) is 0 Å². The van der Waals surface area contributed by atoms with E-state index in [1.54, 1.807) is 0 Å².